The second-order valence-corrected chi connectivity index (χ2v) is 12.2. The molecule has 0 saturated heterocycles. The maximum Gasteiger partial charge on any atom is 0.435 e. The van der Waals surface area contributed by atoms with E-state index in [-0.39, 0.29) is 27.7 Å². The minimum atomic E-state index is -4.72. The lowest BCUT2D eigenvalue weighted by molar-refractivity contribution is -0.722. The van der Waals surface area contributed by atoms with Crippen LogP contribution in [0.5, 0.6) is 0 Å². The predicted octanol–water partition coefficient (Wildman–Crippen LogP) is 5.10. The number of hydrazine groups is 1. The quantitative estimate of drug-likeness (QED) is 0.0900. The minimum Gasteiger partial charge on any atom is -0.569 e. The molecule has 14 nitrogen and oxygen atoms in total. The number of aryl methyl sites for hydroxylation is 1. The smallest absolute Gasteiger partial charge is 0.435 e. The third-order valence-electron chi connectivity index (χ3n) is 6.50. The van der Waals surface area contributed by atoms with Gasteiger partial charge in [-0.15, -0.1) is 5.01 Å². The number of ether oxygens (including phenoxy) is 2. The number of halogens is 3. The lowest BCUT2D eigenvalue weighted by Crippen LogP contribution is -2.49. The Kier molecular flexibility index (Phi) is 10.9. The predicted molar refractivity (Wildman–Crippen MR) is 155 cm³/mol. The van der Waals surface area contributed by atoms with Crippen molar-refractivity contribution in [3.63, 3.8) is 0 Å². The number of nitrogens with zero attached hydrogens (tertiary/aromatic N) is 5. The zero-order chi connectivity index (χ0) is 34.4. The standard InChI is InChI=1S/C28H33F3N6O8S/c1-7-25(38)44-19(3)45-34-37(40)35(6)27(4,5)17-43-26(39)33-46(41,42)22-14-12-21(13-15-22)36-23(16-24(32-36)28(29,30)31)20-10-8-18(2)9-11-20/h8-16,19H,7,17H2,1-6H3,(H,33,39). The number of likely N-dealkylation sites (N-methyl/N-ethyl adjacent to an activating group) is 1. The number of benzene rings is 2. The van der Waals surface area contributed by atoms with Crippen molar-refractivity contribution in [3.05, 3.63) is 71.1 Å². The molecular formula is C28H33F3N6O8S. The molecule has 1 amide bonds. The molecule has 0 radical (unpaired) electrons. The van der Waals surface area contributed by atoms with Gasteiger partial charge in [-0.2, -0.15) is 18.3 Å². The largest absolute Gasteiger partial charge is 0.569 e. The molecule has 0 aliphatic carbocycles. The Hall–Kier alpha value is -4.87. The second kappa shape index (κ2) is 14.1. The van der Waals surface area contributed by atoms with Crippen molar-refractivity contribution in [3.8, 4) is 16.9 Å². The van der Waals surface area contributed by atoms with Gasteiger partial charge in [0.25, 0.3) is 16.3 Å². The Balaban J connectivity index is 1.69. The molecule has 46 heavy (non-hydrogen) atoms. The zero-order valence-corrected chi connectivity index (χ0v) is 26.5. The molecule has 0 bridgehead atoms. The number of carbonyl (C=O) groups excluding carboxylic acids is 2. The van der Waals surface area contributed by atoms with Gasteiger partial charge in [-0.05, 0) is 51.1 Å². The summed E-state index contributed by atoms with van der Waals surface area (Å²) in [5, 5.41) is 20.3. The van der Waals surface area contributed by atoms with Crippen molar-refractivity contribution in [1.82, 2.24) is 19.5 Å². The van der Waals surface area contributed by atoms with Crippen LogP contribution in [0.4, 0.5) is 18.0 Å². The maximum absolute atomic E-state index is 13.5. The summed E-state index contributed by atoms with van der Waals surface area (Å²) in [5.41, 5.74) is -0.746. The lowest BCUT2D eigenvalue weighted by Gasteiger charge is -2.30. The molecule has 0 aliphatic heterocycles. The number of alkyl halides is 3. The highest BCUT2D eigenvalue weighted by atomic mass is 32.2. The fourth-order valence-electron chi connectivity index (χ4n) is 3.63. The van der Waals surface area contributed by atoms with E-state index < -0.39 is 52.4 Å². The van der Waals surface area contributed by atoms with Gasteiger partial charge in [0.2, 0.25) is 5.28 Å². The van der Waals surface area contributed by atoms with Crippen molar-refractivity contribution in [2.45, 2.75) is 63.9 Å². The second-order valence-electron chi connectivity index (χ2n) is 10.6. The summed E-state index contributed by atoms with van der Waals surface area (Å²) in [7, 11) is -3.18. The van der Waals surface area contributed by atoms with Crippen LogP contribution >= 0.6 is 0 Å². The molecule has 1 N–H and O–H groups in total. The van der Waals surface area contributed by atoms with Gasteiger partial charge in [-0.3, -0.25) is 9.63 Å². The van der Waals surface area contributed by atoms with Crippen LogP contribution in [0.15, 0.2) is 64.8 Å². The highest BCUT2D eigenvalue weighted by Crippen LogP contribution is 2.33. The molecule has 0 spiro atoms. The molecule has 2 aromatic carbocycles. The normalized spacial score (nSPS) is 13.1. The van der Waals surface area contributed by atoms with E-state index in [1.165, 1.54) is 40.0 Å². The summed E-state index contributed by atoms with van der Waals surface area (Å²) < 4.78 is 78.8. The van der Waals surface area contributed by atoms with E-state index in [1.54, 1.807) is 35.9 Å². The van der Waals surface area contributed by atoms with Crippen molar-refractivity contribution < 1.29 is 50.5 Å². The van der Waals surface area contributed by atoms with E-state index >= 15 is 0 Å². The first-order valence-corrected chi connectivity index (χ1v) is 15.1. The maximum atomic E-state index is 13.5. The molecule has 3 rings (SSSR count). The van der Waals surface area contributed by atoms with Crippen LogP contribution in [-0.2, 0) is 35.3 Å². The van der Waals surface area contributed by atoms with Gasteiger partial charge in [0.15, 0.2) is 5.69 Å². The van der Waals surface area contributed by atoms with E-state index in [0.717, 1.165) is 33.5 Å². The average Bonchev–Trinajstić information content (AvgIpc) is 3.45. The van der Waals surface area contributed by atoms with Gasteiger partial charge < -0.3 is 14.7 Å². The fourth-order valence-corrected chi connectivity index (χ4v) is 4.52. The van der Waals surface area contributed by atoms with Crippen molar-refractivity contribution >= 4 is 22.1 Å². The third-order valence-corrected chi connectivity index (χ3v) is 7.83. The van der Waals surface area contributed by atoms with Gasteiger partial charge in [0, 0.05) is 18.9 Å². The summed E-state index contributed by atoms with van der Waals surface area (Å²) in [4.78, 5) is 28.1. The fraction of sp³-hybridized carbons (Fsp3) is 0.393. The summed E-state index contributed by atoms with van der Waals surface area (Å²) in [6.07, 6.45) is -7.14. The Labute approximate surface area is 262 Å². The topological polar surface area (TPSA) is 167 Å². The highest BCUT2D eigenvalue weighted by Gasteiger charge is 2.36. The summed E-state index contributed by atoms with van der Waals surface area (Å²) >= 11 is 0. The Morgan fingerprint density at radius 3 is 2.30 bits per heavy atom. The van der Waals surface area contributed by atoms with Crippen LogP contribution in [0.25, 0.3) is 16.9 Å². The van der Waals surface area contributed by atoms with Crippen LogP contribution in [-0.4, -0.2) is 65.7 Å². The van der Waals surface area contributed by atoms with Gasteiger partial charge in [-0.25, -0.2) is 22.6 Å². The number of esters is 1. The first-order chi connectivity index (χ1) is 21.3. The van der Waals surface area contributed by atoms with Crippen LogP contribution in [0.2, 0.25) is 0 Å². The monoisotopic (exact) mass is 670 g/mol. The summed E-state index contributed by atoms with van der Waals surface area (Å²) in [5.74, 6) is -0.566. The van der Waals surface area contributed by atoms with E-state index in [2.05, 4.69) is 10.4 Å². The number of hydrogen-bond acceptors (Lipinski definition) is 10. The third kappa shape index (κ3) is 9.09. The van der Waals surface area contributed by atoms with Crippen molar-refractivity contribution in [2.75, 3.05) is 13.7 Å². The molecule has 3 aromatic rings. The Bertz CT molecular complexity index is 1670. The van der Waals surface area contributed by atoms with Crippen LogP contribution < -0.4 is 4.72 Å². The number of rotatable bonds is 12. The number of nitrogens with one attached hydrogen (secondary N) is 1. The van der Waals surface area contributed by atoms with Gasteiger partial charge >= 0.3 is 18.2 Å². The molecular weight excluding hydrogens is 637 g/mol. The molecule has 0 aliphatic rings. The molecule has 250 valence electrons. The van der Waals surface area contributed by atoms with Gasteiger partial charge in [-0.1, -0.05) is 36.8 Å². The number of sulfonamides is 1. The van der Waals surface area contributed by atoms with Crippen LogP contribution in [0, 0.1) is 12.1 Å². The molecule has 1 heterocycles. The Morgan fingerprint density at radius 1 is 1.13 bits per heavy atom. The van der Waals surface area contributed by atoms with E-state index in [0.29, 0.717) is 5.56 Å². The van der Waals surface area contributed by atoms with E-state index in [1.807, 2.05) is 6.92 Å². The van der Waals surface area contributed by atoms with E-state index in [4.69, 9.17) is 14.3 Å². The molecule has 18 heteroatoms. The van der Waals surface area contributed by atoms with Crippen molar-refractivity contribution in [2.24, 2.45) is 5.28 Å². The summed E-state index contributed by atoms with van der Waals surface area (Å²) in [6, 6.07) is 12.3. The molecule has 0 saturated carbocycles. The summed E-state index contributed by atoms with van der Waals surface area (Å²) in [6.45, 7) is 7.23. The zero-order valence-electron chi connectivity index (χ0n) is 25.7. The first kappa shape index (κ1) is 35.6. The average molecular weight is 671 g/mol. The molecule has 1 aromatic heterocycles. The van der Waals surface area contributed by atoms with Gasteiger partial charge in [0.05, 0.1) is 28.3 Å². The van der Waals surface area contributed by atoms with Crippen LogP contribution in [0.1, 0.15) is 45.4 Å². The number of aromatic nitrogens is 2. The van der Waals surface area contributed by atoms with Gasteiger partial charge in [0.1, 0.15) is 12.1 Å². The number of hydrogen-bond donors (Lipinski definition) is 1. The highest BCUT2D eigenvalue weighted by molar-refractivity contribution is 7.90. The SMILES string of the molecule is CCC(=O)OC(C)ON=[N+]([O-])N(C)C(C)(C)COC(=O)NS(=O)(=O)c1ccc(-n2nc(C(F)(F)F)cc2-c2ccc(C)cc2)cc1. The molecule has 1 unspecified atom stereocenters. The number of amides is 1. The minimum absolute atomic E-state index is 0.0252. The molecule has 1 atom stereocenters. The number of carbonyl (C=O) groups is 2. The first-order valence-electron chi connectivity index (χ1n) is 13.7. The lowest BCUT2D eigenvalue weighted by atomic mass is 10.1. The molecule has 0 fully saturated rings. The van der Waals surface area contributed by atoms with E-state index in [9.17, 15) is 36.4 Å². The van der Waals surface area contributed by atoms with Crippen LogP contribution in [0.3, 0.4) is 0 Å². The van der Waals surface area contributed by atoms with Crippen molar-refractivity contribution in [1.29, 1.82) is 0 Å². The Morgan fingerprint density at radius 2 is 1.74 bits per heavy atom.